The molecule has 0 amide bonds. The van der Waals surface area contributed by atoms with Gasteiger partial charge in [0.15, 0.2) is 6.29 Å². The fourth-order valence-corrected chi connectivity index (χ4v) is 0.434. The number of hydrogen-bond donors (Lipinski definition) is 5. The Morgan fingerprint density at radius 2 is 1.92 bits per heavy atom. The van der Waals surface area contributed by atoms with Crippen molar-refractivity contribution < 1.29 is 35.8 Å². The smallest absolute Gasteiger partial charge is 0.151 e. The van der Waals surface area contributed by atoms with E-state index in [0.717, 1.165) is 0 Å². The molecule has 0 rings (SSSR count). The topological polar surface area (TPSA) is 118 Å². The highest BCUT2D eigenvalue weighted by Gasteiger charge is 2.29. The van der Waals surface area contributed by atoms with Crippen LogP contribution in [0.2, 0.25) is 0 Å². The van der Waals surface area contributed by atoms with Crippen LogP contribution in [0.4, 0.5) is 0 Å². The van der Waals surface area contributed by atoms with Gasteiger partial charge in [-0.05, 0) is 0 Å². The summed E-state index contributed by atoms with van der Waals surface area (Å²) in [5.74, 6) is 0. The van der Waals surface area contributed by atoms with Gasteiger partial charge < -0.3 is 30.3 Å². The Balaban J connectivity index is 5.26. The van der Waals surface area contributed by atoms with E-state index in [1.54, 1.807) is 0 Å². The standard InChI is InChI=1S/C6H12O6/c7-1-3(9)5(11)6(12)4(10)2-8/h1,3-6,8-12H,2H2/t3-,4+,5+,6+/m0/s1/i2D2,4D,6D. The summed E-state index contributed by atoms with van der Waals surface area (Å²) in [5.41, 5.74) is 0. The highest BCUT2D eigenvalue weighted by atomic mass is 16.4. The zero-order chi connectivity index (χ0) is 13.4. The molecule has 0 aliphatic heterocycles. The summed E-state index contributed by atoms with van der Waals surface area (Å²) in [6, 6.07) is 0. The van der Waals surface area contributed by atoms with Crippen LogP contribution in [0.25, 0.3) is 0 Å². The Hall–Kier alpha value is -0.530. The molecule has 0 saturated carbocycles. The summed E-state index contributed by atoms with van der Waals surface area (Å²) >= 11 is 0. The van der Waals surface area contributed by atoms with Crippen LogP contribution < -0.4 is 0 Å². The van der Waals surface area contributed by atoms with Crippen LogP contribution in [-0.4, -0.2) is 62.7 Å². The average molecular weight is 184 g/mol. The minimum atomic E-state index is -3.87. The van der Waals surface area contributed by atoms with Gasteiger partial charge >= 0.3 is 0 Å². The molecule has 0 aromatic rings. The van der Waals surface area contributed by atoms with Crippen molar-refractivity contribution in [2.75, 3.05) is 6.56 Å². The van der Waals surface area contributed by atoms with Crippen LogP contribution in [0.1, 0.15) is 5.48 Å². The maximum atomic E-state index is 10.1. The first-order valence-electron chi connectivity index (χ1n) is 4.88. The molecule has 0 fully saturated rings. The lowest BCUT2D eigenvalue weighted by atomic mass is 10.0. The van der Waals surface area contributed by atoms with E-state index in [2.05, 4.69) is 0 Å². The fourth-order valence-electron chi connectivity index (χ4n) is 0.434. The molecule has 12 heavy (non-hydrogen) atoms. The zero-order valence-electron chi connectivity index (χ0n) is 9.88. The maximum absolute atomic E-state index is 10.1. The first kappa shape index (κ1) is 6.01. The number of aliphatic hydroxyl groups is 5. The van der Waals surface area contributed by atoms with E-state index in [-0.39, 0.29) is 6.29 Å². The Bertz CT molecular complexity index is 262. The molecule has 0 aliphatic carbocycles. The van der Waals surface area contributed by atoms with Gasteiger partial charge in [0, 0.05) is 0 Å². The molecule has 0 aromatic carbocycles. The largest absolute Gasteiger partial charge is 0.394 e. The lowest BCUT2D eigenvalue weighted by Gasteiger charge is -2.22. The molecule has 0 aromatic heterocycles. The first-order chi connectivity index (χ1) is 6.89. The number of aldehydes is 1. The second-order valence-corrected chi connectivity index (χ2v) is 1.92. The number of hydrogen-bond acceptors (Lipinski definition) is 6. The number of carbonyl (C=O) groups is 1. The van der Waals surface area contributed by atoms with Gasteiger partial charge in [-0.2, -0.15) is 0 Å². The van der Waals surface area contributed by atoms with E-state index in [0.29, 0.717) is 0 Å². The molecule has 6 nitrogen and oxygen atoms in total. The lowest BCUT2D eigenvalue weighted by Crippen LogP contribution is -2.46. The summed E-state index contributed by atoms with van der Waals surface area (Å²) in [7, 11) is 0. The van der Waals surface area contributed by atoms with Gasteiger partial charge in [-0.3, -0.25) is 0 Å². The Morgan fingerprint density at radius 3 is 2.25 bits per heavy atom. The van der Waals surface area contributed by atoms with E-state index in [4.69, 9.17) is 25.9 Å². The Kier molecular flexibility index (Phi) is 2.59. The van der Waals surface area contributed by atoms with Crippen molar-refractivity contribution in [2.24, 2.45) is 0 Å². The maximum Gasteiger partial charge on any atom is 0.151 e. The van der Waals surface area contributed by atoms with Crippen LogP contribution in [0, 0.1) is 0 Å². The minimum Gasteiger partial charge on any atom is -0.394 e. The quantitative estimate of drug-likeness (QED) is 0.284. The summed E-state index contributed by atoms with van der Waals surface area (Å²) in [6.45, 7) is -3.76. The Labute approximate surface area is 74.3 Å². The van der Waals surface area contributed by atoms with E-state index in [1.807, 2.05) is 0 Å². The molecular formula is C6H12O6. The zero-order valence-corrected chi connectivity index (χ0v) is 5.88. The second-order valence-electron chi connectivity index (χ2n) is 1.92. The summed E-state index contributed by atoms with van der Waals surface area (Å²) < 4.78 is 27.1. The highest BCUT2D eigenvalue weighted by molar-refractivity contribution is 5.56. The Morgan fingerprint density at radius 1 is 1.42 bits per heavy atom. The van der Waals surface area contributed by atoms with Crippen LogP contribution in [-0.2, 0) is 4.79 Å². The van der Waals surface area contributed by atoms with Crippen molar-refractivity contribution in [1.82, 2.24) is 0 Å². The fraction of sp³-hybridized carbons (Fsp3) is 0.833. The van der Waals surface area contributed by atoms with Crippen molar-refractivity contribution in [1.29, 1.82) is 0 Å². The summed E-state index contributed by atoms with van der Waals surface area (Å²) in [5, 5.41) is 44.9. The predicted molar refractivity (Wildman–Crippen MR) is 37.2 cm³/mol. The molecule has 72 valence electrons. The second kappa shape index (κ2) is 5.18. The normalized spacial score (nSPS) is 32.4. The van der Waals surface area contributed by atoms with E-state index in [9.17, 15) is 9.90 Å². The third-order valence-corrected chi connectivity index (χ3v) is 1.09. The molecule has 0 heterocycles. The van der Waals surface area contributed by atoms with Crippen molar-refractivity contribution in [3.05, 3.63) is 0 Å². The molecule has 0 saturated heterocycles. The van der Waals surface area contributed by atoms with Gasteiger partial charge in [-0.25, -0.2) is 0 Å². The van der Waals surface area contributed by atoms with Crippen LogP contribution >= 0.6 is 0 Å². The molecule has 4 atom stereocenters. The summed E-state index contributed by atoms with van der Waals surface area (Å²) in [6.07, 6.45) is -12.9. The third-order valence-electron chi connectivity index (χ3n) is 1.09. The predicted octanol–water partition coefficient (Wildman–Crippen LogP) is -3.38. The van der Waals surface area contributed by atoms with E-state index in [1.165, 1.54) is 0 Å². The van der Waals surface area contributed by atoms with Crippen LogP contribution in [0.3, 0.4) is 0 Å². The van der Waals surface area contributed by atoms with Crippen LogP contribution in [0.15, 0.2) is 0 Å². The van der Waals surface area contributed by atoms with Gasteiger partial charge in [-0.1, -0.05) is 0 Å². The highest BCUT2D eigenvalue weighted by Crippen LogP contribution is 2.02. The molecular weight excluding hydrogens is 168 g/mol. The number of aliphatic hydroxyl groups excluding tert-OH is 2. The average Bonchev–Trinajstić information content (AvgIpc) is 2.13. The molecule has 0 unspecified atom stereocenters. The van der Waals surface area contributed by atoms with E-state index < -0.39 is 30.9 Å². The number of carbonyl (C=O) groups excluding carboxylic acids is 1. The molecule has 0 aliphatic rings. The van der Waals surface area contributed by atoms with Crippen molar-refractivity contribution in [3.8, 4) is 0 Å². The lowest BCUT2D eigenvalue weighted by molar-refractivity contribution is -0.136. The monoisotopic (exact) mass is 184 g/mol. The molecule has 0 radical (unpaired) electrons. The van der Waals surface area contributed by atoms with Gasteiger partial charge in [0.2, 0.25) is 0 Å². The minimum absolute atomic E-state index is 0.285. The van der Waals surface area contributed by atoms with Crippen molar-refractivity contribution in [2.45, 2.75) is 24.4 Å². The van der Waals surface area contributed by atoms with Gasteiger partial charge in [-0.15, -0.1) is 0 Å². The van der Waals surface area contributed by atoms with Gasteiger partial charge in [0.25, 0.3) is 0 Å². The first-order valence-corrected chi connectivity index (χ1v) is 2.88. The number of rotatable bonds is 5. The van der Waals surface area contributed by atoms with Gasteiger partial charge in [0.1, 0.15) is 24.4 Å². The van der Waals surface area contributed by atoms with Crippen LogP contribution in [0.5, 0.6) is 0 Å². The van der Waals surface area contributed by atoms with E-state index >= 15 is 0 Å². The van der Waals surface area contributed by atoms with Crippen molar-refractivity contribution in [3.63, 3.8) is 0 Å². The van der Waals surface area contributed by atoms with Crippen molar-refractivity contribution >= 4 is 6.29 Å². The molecule has 0 spiro atoms. The summed E-state index contributed by atoms with van der Waals surface area (Å²) in [4.78, 5) is 10.1. The SMILES string of the molecule is [2H]C([2H])(O)[C@@]([2H])(O)[C@@]([2H])(O)[C@H](O)[C@@H](O)C=O. The molecule has 0 bridgehead atoms. The van der Waals surface area contributed by atoms with Gasteiger partial charge in [0.05, 0.1) is 12.0 Å². The third kappa shape index (κ3) is 2.84. The molecule has 5 N–H and O–H groups in total. The molecule has 6 heteroatoms.